The molecular weight excluding hydrogens is 396 g/mol. The summed E-state index contributed by atoms with van der Waals surface area (Å²) in [6.07, 6.45) is -0.612. The van der Waals surface area contributed by atoms with Gasteiger partial charge in [0.05, 0.1) is 10.9 Å². The van der Waals surface area contributed by atoms with Gasteiger partial charge in [-0.3, -0.25) is 20.4 Å². The molecule has 2 amide bonds. The van der Waals surface area contributed by atoms with Crippen LogP contribution in [0.4, 0.5) is 0 Å². The van der Waals surface area contributed by atoms with E-state index in [9.17, 15) is 9.59 Å². The Hall–Kier alpha value is -2.05. The zero-order valence-electron chi connectivity index (χ0n) is 12.9. The summed E-state index contributed by atoms with van der Waals surface area (Å²) in [5, 5.41) is 0.555. The third-order valence-corrected chi connectivity index (χ3v) is 3.95. The molecule has 0 unspecified atom stereocenters. The van der Waals surface area contributed by atoms with Gasteiger partial charge in [-0.05, 0) is 46.6 Å². The molecule has 2 aromatic carbocycles. The quantitative estimate of drug-likeness (QED) is 0.742. The van der Waals surface area contributed by atoms with Crippen molar-refractivity contribution in [3.63, 3.8) is 0 Å². The van der Waals surface area contributed by atoms with Crippen LogP contribution >= 0.6 is 27.5 Å². The number of hydrogen-bond acceptors (Lipinski definition) is 3. The number of carbonyl (C=O) groups excluding carboxylic acids is 2. The van der Waals surface area contributed by atoms with Crippen molar-refractivity contribution in [3.8, 4) is 5.75 Å². The highest BCUT2D eigenvalue weighted by Gasteiger charge is 2.16. The van der Waals surface area contributed by atoms with Gasteiger partial charge in [0, 0.05) is 5.02 Å². The van der Waals surface area contributed by atoms with Crippen molar-refractivity contribution >= 4 is 39.3 Å². The Labute approximate surface area is 153 Å². The standard InChI is InChI=1S/C17H16BrClN2O3/c1-11(24-15-8-7-13(19)10-14(15)18)17(23)21-20-16(22)9-12-5-3-2-4-6-12/h2-8,10-11H,9H2,1H3,(H,20,22)(H,21,23)/t11-/m1/s1. The molecule has 2 aromatic rings. The molecule has 0 aliphatic rings. The fraction of sp³-hybridized carbons (Fsp3) is 0.176. The van der Waals surface area contributed by atoms with Gasteiger partial charge in [-0.1, -0.05) is 41.9 Å². The normalized spacial score (nSPS) is 11.5. The number of hydrazine groups is 1. The molecule has 0 saturated heterocycles. The predicted octanol–water partition coefficient (Wildman–Crippen LogP) is 3.26. The maximum atomic E-state index is 12.0. The third-order valence-electron chi connectivity index (χ3n) is 3.10. The number of amides is 2. The zero-order chi connectivity index (χ0) is 17.5. The Balaban J connectivity index is 1.82. The lowest BCUT2D eigenvalue weighted by Gasteiger charge is -2.16. The van der Waals surface area contributed by atoms with E-state index in [1.54, 1.807) is 25.1 Å². The van der Waals surface area contributed by atoms with Crippen LogP contribution in [0.15, 0.2) is 53.0 Å². The molecule has 24 heavy (non-hydrogen) atoms. The Morgan fingerprint density at radius 2 is 1.88 bits per heavy atom. The monoisotopic (exact) mass is 410 g/mol. The fourth-order valence-corrected chi connectivity index (χ4v) is 2.65. The Kier molecular flexibility index (Phi) is 6.63. The van der Waals surface area contributed by atoms with E-state index in [1.165, 1.54) is 0 Å². The molecule has 0 aromatic heterocycles. The molecule has 1 atom stereocenters. The highest BCUT2D eigenvalue weighted by Crippen LogP contribution is 2.28. The van der Waals surface area contributed by atoms with Crippen LogP contribution in [0.2, 0.25) is 5.02 Å². The van der Waals surface area contributed by atoms with E-state index in [0.717, 1.165) is 5.56 Å². The van der Waals surface area contributed by atoms with Crippen LogP contribution in [0.1, 0.15) is 12.5 Å². The van der Waals surface area contributed by atoms with E-state index < -0.39 is 12.0 Å². The van der Waals surface area contributed by atoms with Crippen LogP contribution in [0, 0.1) is 0 Å². The van der Waals surface area contributed by atoms with Crippen molar-refractivity contribution in [2.24, 2.45) is 0 Å². The summed E-state index contributed by atoms with van der Waals surface area (Å²) in [5.74, 6) is -0.287. The Bertz CT molecular complexity index is 725. The Morgan fingerprint density at radius 1 is 1.17 bits per heavy atom. The molecule has 126 valence electrons. The molecule has 0 saturated carbocycles. The number of ether oxygens (including phenoxy) is 1. The van der Waals surface area contributed by atoms with Crippen molar-refractivity contribution in [1.29, 1.82) is 0 Å². The van der Waals surface area contributed by atoms with Crippen LogP contribution in [0.5, 0.6) is 5.75 Å². The van der Waals surface area contributed by atoms with Gasteiger partial charge in [0.2, 0.25) is 5.91 Å². The molecule has 0 heterocycles. The first-order valence-electron chi connectivity index (χ1n) is 7.20. The Morgan fingerprint density at radius 3 is 2.54 bits per heavy atom. The molecule has 0 spiro atoms. The van der Waals surface area contributed by atoms with Gasteiger partial charge in [-0.15, -0.1) is 0 Å². The van der Waals surface area contributed by atoms with Crippen LogP contribution in [0.3, 0.4) is 0 Å². The van der Waals surface area contributed by atoms with Crippen molar-refractivity contribution in [3.05, 3.63) is 63.6 Å². The first kappa shape index (κ1) is 18.3. The van der Waals surface area contributed by atoms with E-state index in [1.807, 2.05) is 30.3 Å². The lowest BCUT2D eigenvalue weighted by Crippen LogP contribution is -2.47. The van der Waals surface area contributed by atoms with Crippen molar-refractivity contribution < 1.29 is 14.3 Å². The molecular formula is C17H16BrClN2O3. The van der Waals surface area contributed by atoms with Gasteiger partial charge in [-0.2, -0.15) is 0 Å². The highest BCUT2D eigenvalue weighted by molar-refractivity contribution is 9.10. The first-order valence-corrected chi connectivity index (χ1v) is 8.37. The first-order chi connectivity index (χ1) is 11.5. The second kappa shape index (κ2) is 8.70. The molecule has 0 radical (unpaired) electrons. The maximum Gasteiger partial charge on any atom is 0.279 e. The van der Waals surface area contributed by atoms with E-state index in [2.05, 4.69) is 26.8 Å². The zero-order valence-corrected chi connectivity index (χ0v) is 15.2. The minimum atomic E-state index is -0.792. The number of halogens is 2. The second-order valence-corrected chi connectivity index (χ2v) is 6.33. The molecule has 0 aliphatic heterocycles. The number of carbonyl (C=O) groups is 2. The van der Waals surface area contributed by atoms with E-state index in [0.29, 0.717) is 15.2 Å². The van der Waals surface area contributed by atoms with Gasteiger partial charge in [0.1, 0.15) is 5.75 Å². The molecule has 7 heteroatoms. The van der Waals surface area contributed by atoms with Gasteiger partial charge >= 0.3 is 0 Å². The summed E-state index contributed by atoms with van der Waals surface area (Å²) in [4.78, 5) is 23.8. The second-order valence-electron chi connectivity index (χ2n) is 5.03. The van der Waals surface area contributed by atoms with Gasteiger partial charge in [0.15, 0.2) is 6.10 Å². The minimum absolute atomic E-state index is 0.180. The van der Waals surface area contributed by atoms with E-state index in [-0.39, 0.29) is 12.3 Å². The van der Waals surface area contributed by atoms with Gasteiger partial charge in [-0.25, -0.2) is 0 Å². The maximum absolute atomic E-state index is 12.0. The summed E-state index contributed by atoms with van der Waals surface area (Å²) in [6, 6.07) is 14.2. The van der Waals surface area contributed by atoms with Crippen molar-refractivity contribution in [2.45, 2.75) is 19.4 Å². The lowest BCUT2D eigenvalue weighted by atomic mass is 10.1. The topological polar surface area (TPSA) is 67.4 Å². The highest BCUT2D eigenvalue weighted by atomic mass is 79.9. The average molecular weight is 412 g/mol. The summed E-state index contributed by atoms with van der Waals surface area (Å²) < 4.78 is 6.19. The van der Waals surface area contributed by atoms with E-state index >= 15 is 0 Å². The van der Waals surface area contributed by atoms with E-state index in [4.69, 9.17) is 16.3 Å². The van der Waals surface area contributed by atoms with Gasteiger partial charge in [0.25, 0.3) is 5.91 Å². The number of benzene rings is 2. The number of rotatable bonds is 5. The minimum Gasteiger partial charge on any atom is -0.480 e. The number of hydrogen-bond donors (Lipinski definition) is 2. The average Bonchev–Trinajstić information content (AvgIpc) is 2.56. The summed E-state index contributed by atoms with van der Waals surface area (Å²) in [6.45, 7) is 1.58. The smallest absolute Gasteiger partial charge is 0.279 e. The van der Waals surface area contributed by atoms with Crippen LogP contribution in [-0.2, 0) is 16.0 Å². The molecule has 0 fully saturated rings. The largest absolute Gasteiger partial charge is 0.480 e. The molecule has 0 aliphatic carbocycles. The van der Waals surface area contributed by atoms with Crippen LogP contribution < -0.4 is 15.6 Å². The molecule has 5 nitrogen and oxygen atoms in total. The van der Waals surface area contributed by atoms with Crippen LogP contribution in [0.25, 0.3) is 0 Å². The molecule has 2 rings (SSSR count). The van der Waals surface area contributed by atoms with Gasteiger partial charge < -0.3 is 4.74 Å². The van der Waals surface area contributed by atoms with Crippen LogP contribution in [-0.4, -0.2) is 17.9 Å². The summed E-state index contributed by atoms with van der Waals surface area (Å²) in [7, 11) is 0. The van der Waals surface area contributed by atoms with Crippen molar-refractivity contribution in [1.82, 2.24) is 10.9 Å². The summed E-state index contributed by atoms with van der Waals surface area (Å²) >= 11 is 9.17. The van der Waals surface area contributed by atoms with Crippen molar-refractivity contribution in [2.75, 3.05) is 0 Å². The molecule has 2 N–H and O–H groups in total. The predicted molar refractivity (Wildman–Crippen MR) is 95.7 cm³/mol. The summed E-state index contributed by atoms with van der Waals surface area (Å²) in [5.41, 5.74) is 5.58. The SMILES string of the molecule is C[C@@H](Oc1ccc(Cl)cc1Br)C(=O)NNC(=O)Cc1ccccc1. The fourth-order valence-electron chi connectivity index (χ4n) is 1.87. The molecule has 0 bridgehead atoms. The number of nitrogens with one attached hydrogen (secondary N) is 2. The lowest BCUT2D eigenvalue weighted by molar-refractivity contribution is -0.132. The third kappa shape index (κ3) is 5.54.